The SMILES string of the molecule is Cc1c(O[C@@H](C)C(=O)c2ccccc2)ccc2c3c(c(=O)oc12)CCCCC3. The lowest BCUT2D eigenvalue weighted by atomic mass is 9.98. The Bertz CT molecular complexity index is 1080. The van der Waals surface area contributed by atoms with Crippen molar-refractivity contribution in [2.75, 3.05) is 0 Å². The van der Waals surface area contributed by atoms with Gasteiger partial charge >= 0.3 is 5.63 Å². The number of aryl methyl sites for hydroxylation is 2. The molecule has 1 aliphatic rings. The average Bonchev–Trinajstić information content (AvgIpc) is 2.97. The van der Waals surface area contributed by atoms with Crippen molar-refractivity contribution in [3.8, 4) is 5.75 Å². The van der Waals surface area contributed by atoms with Gasteiger partial charge in [-0.15, -0.1) is 0 Å². The summed E-state index contributed by atoms with van der Waals surface area (Å²) in [5.74, 6) is 0.490. The van der Waals surface area contributed by atoms with E-state index in [1.54, 1.807) is 19.1 Å². The Morgan fingerprint density at radius 2 is 1.71 bits per heavy atom. The van der Waals surface area contributed by atoms with Gasteiger partial charge in [-0.25, -0.2) is 4.79 Å². The third-order valence-electron chi connectivity index (χ3n) is 5.57. The van der Waals surface area contributed by atoms with Gasteiger partial charge in [-0.2, -0.15) is 0 Å². The van der Waals surface area contributed by atoms with Crippen LogP contribution in [0, 0.1) is 6.92 Å². The topological polar surface area (TPSA) is 56.5 Å². The van der Waals surface area contributed by atoms with E-state index in [4.69, 9.17) is 9.15 Å². The fraction of sp³-hybridized carbons (Fsp3) is 0.333. The maximum absolute atomic E-state index is 12.6. The number of benzene rings is 2. The molecule has 4 nitrogen and oxygen atoms in total. The minimum Gasteiger partial charge on any atom is -0.482 e. The van der Waals surface area contributed by atoms with Gasteiger partial charge in [0.2, 0.25) is 5.78 Å². The molecule has 0 aliphatic heterocycles. The fourth-order valence-electron chi connectivity index (χ4n) is 4.01. The van der Waals surface area contributed by atoms with Crippen molar-refractivity contribution in [1.82, 2.24) is 0 Å². The zero-order valence-electron chi connectivity index (χ0n) is 16.3. The van der Waals surface area contributed by atoms with E-state index in [1.807, 2.05) is 37.3 Å². The Labute approximate surface area is 164 Å². The van der Waals surface area contributed by atoms with Crippen LogP contribution in [-0.2, 0) is 12.8 Å². The third-order valence-corrected chi connectivity index (χ3v) is 5.57. The predicted octanol–water partition coefficient (Wildman–Crippen LogP) is 5.02. The predicted molar refractivity (Wildman–Crippen MR) is 109 cm³/mol. The number of carbonyl (C=O) groups is 1. The van der Waals surface area contributed by atoms with E-state index >= 15 is 0 Å². The quantitative estimate of drug-likeness (QED) is 0.364. The highest BCUT2D eigenvalue weighted by Gasteiger charge is 2.21. The summed E-state index contributed by atoms with van der Waals surface area (Å²) in [5, 5.41) is 0.989. The van der Waals surface area contributed by atoms with Crippen molar-refractivity contribution in [1.29, 1.82) is 0 Å². The molecule has 1 heterocycles. The molecule has 1 aromatic heterocycles. The van der Waals surface area contributed by atoms with Crippen molar-refractivity contribution in [3.05, 3.63) is 75.1 Å². The minimum atomic E-state index is -0.633. The van der Waals surface area contributed by atoms with Gasteiger partial charge in [-0.3, -0.25) is 4.79 Å². The van der Waals surface area contributed by atoms with Crippen molar-refractivity contribution < 1.29 is 13.9 Å². The number of ketones is 1. The summed E-state index contributed by atoms with van der Waals surface area (Å²) in [6.07, 6.45) is 4.31. The number of rotatable bonds is 4. The number of carbonyl (C=O) groups excluding carboxylic acids is 1. The molecule has 0 fully saturated rings. The molecule has 4 rings (SSSR count). The molecule has 0 bridgehead atoms. The molecule has 0 saturated carbocycles. The fourth-order valence-corrected chi connectivity index (χ4v) is 4.01. The van der Waals surface area contributed by atoms with Crippen molar-refractivity contribution >= 4 is 16.8 Å². The summed E-state index contributed by atoms with van der Waals surface area (Å²) >= 11 is 0. The van der Waals surface area contributed by atoms with Gasteiger partial charge in [0.15, 0.2) is 6.10 Å². The van der Waals surface area contributed by atoms with Gasteiger partial charge in [0.1, 0.15) is 11.3 Å². The second kappa shape index (κ2) is 7.63. The molecule has 0 N–H and O–H groups in total. The van der Waals surface area contributed by atoms with Crippen LogP contribution in [0.3, 0.4) is 0 Å². The normalized spacial score (nSPS) is 14.9. The van der Waals surface area contributed by atoms with E-state index in [0.717, 1.165) is 54.2 Å². The van der Waals surface area contributed by atoms with E-state index < -0.39 is 6.10 Å². The van der Waals surface area contributed by atoms with Gasteiger partial charge < -0.3 is 9.15 Å². The highest BCUT2D eigenvalue weighted by Crippen LogP contribution is 2.32. The van der Waals surface area contributed by atoms with Crippen LogP contribution in [0.15, 0.2) is 51.7 Å². The zero-order chi connectivity index (χ0) is 19.7. The largest absolute Gasteiger partial charge is 0.482 e. The molecule has 4 heteroatoms. The second-order valence-electron chi connectivity index (χ2n) is 7.46. The lowest BCUT2D eigenvalue weighted by Crippen LogP contribution is -2.24. The van der Waals surface area contributed by atoms with Gasteiger partial charge in [-0.05, 0) is 57.2 Å². The molecule has 0 saturated heterocycles. The van der Waals surface area contributed by atoms with Crippen LogP contribution in [-0.4, -0.2) is 11.9 Å². The first-order valence-electron chi connectivity index (χ1n) is 9.90. The first-order chi connectivity index (χ1) is 13.6. The van der Waals surface area contributed by atoms with Crippen molar-refractivity contribution in [2.24, 2.45) is 0 Å². The average molecular weight is 376 g/mol. The van der Waals surface area contributed by atoms with Gasteiger partial charge in [0.25, 0.3) is 0 Å². The lowest BCUT2D eigenvalue weighted by Gasteiger charge is -2.17. The summed E-state index contributed by atoms with van der Waals surface area (Å²) < 4.78 is 11.7. The molecule has 28 heavy (non-hydrogen) atoms. The van der Waals surface area contributed by atoms with E-state index in [1.165, 1.54) is 0 Å². The van der Waals surface area contributed by atoms with Crippen molar-refractivity contribution in [3.63, 3.8) is 0 Å². The van der Waals surface area contributed by atoms with Crippen LogP contribution in [0.1, 0.15) is 53.2 Å². The molecule has 1 atom stereocenters. The highest BCUT2D eigenvalue weighted by molar-refractivity contribution is 5.99. The van der Waals surface area contributed by atoms with Crippen LogP contribution in [0.2, 0.25) is 0 Å². The molecule has 2 aromatic carbocycles. The second-order valence-corrected chi connectivity index (χ2v) is 7.46. The summed E-state index contributed by atoms with van der Waals surface area (Å²) in [4.78, 5) is 25.2. The lowest BCUT2D eigenvalue weighted by molar-refractivity contribution is 0.0817. The maximum Gasteiger partial charge on any atom is 0.339 e. The summed E-state index contributed by atoms with van der Waals surface area (Å²) in [5.41, 5.74) is 3.65. The molecule has 0 spiro atoms. The van der Waals surface area contributed by atoms with Gasteiger partial charge in [0, 0.05) is 22.1 Å². The molecular weight excluding hydrogens is 352 g/mol. The standard InChI is InChI=1S/C24H24O4/c1-15-21(27-16(2)22(25)17-9-5-3-6-10-17)14-13-19-18-11-7-4-8-12-20(18)24(26)28-23(15)19/h3,5-6,9-10,13-14,16H,4,7-8,11-12H2,1-2H3/t16-/m0/s1. The Hall–Kier alpha value is -2.88. The maximum atomic E-state index is 12.6. The molecular formula is C24H24O4. The first kappa shape index (κ1) is 18.5. The number of Topliss-reactive ketones (excluding diaryl/α,β-unsaturated/α-hetero) is 1. The van der Waals surface area contributed by atoms with Gasteiger partial charge in [0.05, 0.1) is 0 Å². The van der Waals surface area contributed by atoms with Crippen LogP contribution in [0.25, 0.3) is 11.0 Å². The molecule has 0 radical (unpaired) electrons. The smallest absolute Gasteiger partial charge is 0.339 e. The van der Waals surface area contributed by atoms with E-state index in [-0.39, 0.29) is 11.4 Å². The Kier molecular flexibility index (Phi) is 5.03. The summed E-state index contributed by atoms with van der Waals surface area (Å²) in [6.45, 7) is 3.62. The highest BCUT2D eigenvalue weighted by atomic mass is 16.5. The number of hydrogen-bond acceptors (Lipinski definition) is 4. The first-order valence-corrected chi connectivity index (χ1v) is 9.90. The Morgan fingerprint density at radius 1 is 1.00 bits per heavy atom. The van der Waals surface area contributed by atoms with Crippen LogP contribution < -0.4 is 10.4 Å². The van der Waals surface area contributed by atoms with E-state index in [9.17, 15) is 9.59 Å². The van der Waals surface area contributed by atoms with E-state index in [0.29, 0.717) is 16.9 Å². The van der Waals surface area contributed by atoms with E-state index in [2.05, 4.69) is 0 Å². The van der Waals surface area contributed by atoms with Crippen molar-refractivity contribution in [2.45, 2.75) is 52.1 Å². The Balaban J connectivity index is 1.70. The Morgan fingerprint density at radius 3 is 2.46 bits per heavy atom. The van der Waals surface area contributed by atoms with Crippen LogP contribution in [0.5, 0.6) is 5.75 Å². The summed E-state index contributed by atoms with van der Waals surface area (Å²) in [6, 6.07) is 13.0. The van der Waals surface area contributed by atoms with Gasteiger partial charge in [-0.1, -0.05) is 36.8 Å². The summed E-state index contributed by atoms with van der Waals surface area (Å²) in [7, 11) is 0. The third kappa shape index (κ3) is 3.35. The molecule has 0 amide bonds. The number of hydrogen-bond donors (Lipinski definition) is 0. The molecule has 3 aromatic rings. The van der Waals surface area contributed by atoms with Crippen LogP contribution >= 0.6 is 0 Å². The number of fused-ring (bicyclic) bond motifs is 3. The zero-order valence-corrected chi connectivity index (χ0v) is 16.3. The number of ether oxygens (including phenoxy) is 1. The molecule has 1 aliphatic carbocycles. The molecule has 144 valence electrons. The molecule has 0 unspecified atom stereocenters. The monoisotopic (exact) mass is 376 g/mol. The van der Waals surface area contributed by atoms with Crippen LogP contribution in [0.4, 0.5) is 0 Å². The minimum absolute atomic E-state index is 0.0801.